The third kappa shape index (κ3) is 3.58. The van der Waals surface area contributed by atoms with Gasteiger partial charge in [-0.25, -0.2) is 0 Å². The van der Waals surface area contributed by atoms with Crippen molar-refractivity contribution in [3.8, 4) is 0 Å². The minimum Gasteiger partial charge on any atom is -0.314 e. The van der Waals surface area contributed by atoms with Gasteiger partial charge < -0.3 is 5.32 Å². The molecule has 1 aromatic heterocycles. The first-order valence-corrected chi connectivity index (χ1v) is 7.59. The minimum atomic E-state index is 0.706. The van der Waals surface area contributed by atoms with E-state index in [0.717, 1.165) is 19.5 Å². The summed E-state index contributed by atoms with van der Waals surface area (Å²) in [5, 5.41) is 8.11. The van der Waals surface area contributed by atoms with Crippen molar-refractivity contribution >= 4 is 0 Å². The van der Waals surface area contributed by atoms with E-state index < -0.39 is 0 Å². The molecule has 2 unspecified atom stereocenters. The minimum absolute atomic E-state index is 0.706. The molecule has 1 heterocycles. The van der Waals surface area contributed by atoms with Gasteiger partial charge in [-0.1, -0.05) is 26.7 Å². The maximum absolute atomic E-state index is 4.48. The molecule has 0 saturated heterocycles. The number of aryl methyl sites for hydroxylation is 1. The van der Waals surface area contributed by atoms with Crippen LogP contribution in [0.1, 0.15) is 63.9 Å². The van der Waals surface area contributed by atoms with Crippen molar-refractivity contribution in [1.29, 1.82) is 0 Å². The molecule has 1 saturated carbocycles. The van der Waals surface area contributed by atoms with Crippen molar-refractivity contribution in [2.45, 2.75) is 70.9 Å². The fraction of sp³-hybridized carbons (Fsp3) is 0.800. The Morgan fingerprint density at radius 2 is 2.17 bits per heavy atom. The molecule has 0 bridgehead atoms. The SMILES string of the molecule is CCCn1cc(C2CCCCC(NCC)C2)cn1. The van der Waals surface area contributed by atoms with Crippen molar-refractivity contribution in [3.05, 3.63) is 18.0 Å². The second-order valence-corrected chi connectivity index (χ2v) is 5.51. The van der Waals surface area contributed by atoms with Crippen LogP contribution in [0.5, 0.6) is 0 Å². The Morgan fingerprint density at radius 1 is 1.33 bits per heavy atom. The molecule has 1 aromatic rings. The summed E-state index contributed by atoms with van der Waals surface area (Å²) in [5.41, 5.74) is 1.45. The van der Waals surface area contributed by atoms with Crippen LogP contribution in [0.25, 0.3) is 0 Å². The topological polar surface area (TPSA) is 29.9 Å². The van der Waals surface area contributed by atoms with Crippen molar-refractivity contribution in [1.82, 2.24) is 15.1 Å². The molecule has 3 heteroatoms. The first-order valence-electron chi connectivity index (χ1n) is 7.59. The van der Waals surface area contributed by atoms with Gasteiger partial charge in [-0.2, -0.15) is 5.10 Å². The third-order valence-electron chi connectivity index (χ3n) is 3.99. The molecule has 1 N–H and O–H groups in total. The number of nitrogens with zero attached hydrogens (tertiary/aromatic N) is 2. The van der Waals surface area contributed by atoms with Crippen molar-refractivity contribution < 1.29 is 0 Å². The Bertz CT molecular complexity index is 345. The molecular formula is C15H27N3. The summed E-state index contributed by atoms with van der Waals surface area (Å²) in [6, 6.07) is 0.706. The lowest BCUT2D eigenvalue weighted by Gasteiger charge is -2.19. The Hall–Kier alpha value is -0.830. The molecule has 0 radical (unpaired) electrons. The van der Waals surface area contributed by atoms with Crippen LogP contribution in [0, 0.1) is 0 Å². The normalized spacial score (nSPS) is 25.0. The van der Waals surface area contributed by atoms with Gasteiger partial charge in [0.15, 0.2) is 0 Å². The molecule has 1 aliphatic rings. The zero-order valence-corrected chi connectivity index (χ0v) is 11.9. The summed E-state index contributed by atoms with van der Waals surface area (Å²) in [6.45, 7) is 6.54. The van der Waals surface area contributed by atoms with Crippen LogP contribution < -0.4 is 5.32 Å². The van der Waals surface area contributed by atoms with Gasteiger partial charge in [0.2, 0.25) is 0 Å². The number of nitrogens with one attached hydrogen (secondary N) is 1. The van der Waals surface area contributed by atoms with E-state index in [2.05, 4.69) is 41.3 Å². The van der Waals surface area contributed by atoms with Gasteiger partial charge in [-0.15, -0.1) is 0 Å². The molecule has 102 valence electrons. The van der Waals surface area contributed by atoms with Crippen LogP contribution in [0.2, 0.25) is 0 Å². The summed E-state index contributed by atoms with van der Waals surface area (Å²) in [4.78, 5) is 0. The van der Waals surface area contributed by atoms with Crippen LogP contribution in [-0.4, -0.2) is 22.4 Å². The van der Waals surface area contributed by atoms with Crippen LogP contribution >= 0.6 is 0 Å². The van der Waals surface area contributed by atoms with Crippen LogP contribution in [0.4, 0.5) is 0 Å². The van der Waals surface area contributed by atoms with Gasteiger partial charge in [0.05, 0.1) is 6.20 Å². The molecule has 0 aromatic carbocycles. The van der Waals surface area contributed by atoms with E-state index in [-0.39, 0.29) is 0 Å². The van der Waals surface area contributed by atoms with Crippen LogP contribution in [0.15, 0.2) is 12.4 Å². The predicted molar refractivity (Wildman–Crippen MR) is 75.8 cm³/mol. The average molecular weight is 249 g/mol. The second kappa shape index (κ2) is 6.93. The van der Waals surface area contributed by atoms with E-state index in [9.17, 15) is 0 Å². The van der Waals surface area contributed by atoms with E-state index in [1.54, 1.807) is 0 Å². The van der Waals surface area contributed by atoms with Crippen LogP contribution in [0.3, 0.4) is 0 Å². The lowest BCUT2D eigenvalue weighted by molar-refractivity contribution is 0.449. The standard InChI is InChI=1S/C15H27N3/c1-3-9-18-12-14(11-17-18)13-7-5-6-8-15(10-13)16-4-2/h11-13,15-16H,3-10H2,1-2H3. The van der Waals surface area contributed by atoms with Gasteiger partial charge in [0.1, 0.15) is 0 Å². The number of hydrogen-bond donors (Lipinski definition) is 1. The molecule has 1 fully saturated rings. The highest BCUT2D eigenvalue weighted by atomic mass is 15.3. The predicted octanol–water partition coefficient (Wildman–Crippen LogP) is 3.32. The molecule has 0 aliphatic heterocycles. The van der Waals surface area contributed by atoms with Gasteiger partial charge >= 0.3 is 0 Å². The Labute approximate surface area is 111 Å². The van der Waals surface area contributed by atoms with Crippen molar-refractivity contribution in [2.24, 2.45) is 0 Å². The second-order valence-electron chi connectivity index (χ2n) is 5.51. The van der Waals surface area contributed by atoms with Gasteiger partial charge in [0.25, 0.3) is 0 Å². The Kier molecular flexibility index (Phi) is 5.24. The molecular weight excluding hydrogens is 222 g/mol. The van der Waals surface area contributed by atoms with E-state index in [1.165, 1.54) is 37.7 Å². The average Bonchev–Trinajstić information content (AvgIpc) is 2.69. The quantitative estimate of drug-likeness (QED) is 0.811. The van der Waals surface area contributed by atoms with E-state index >= 15 is 0 Å². The fourth-order valence-electron chi connectivity index (χ4n) is 3.08. The maximum Gasteiger partial charge on any atom is 0.0524 e. The highest BCUT2D eigenvalue weighted by molar-refractivity contribution is 5.12. The molecule has 18 heavy (non-hydrogen) atoms. The number of aromatic nitrogens is 2. The molecule has 2 atom stereocenters. The number of rotatable bonds is 5. The monoisotopic (exact) mass is 249 g/mol. The summed E-state index contributed by atoms with van der Waals surface area (Å²) in [6.07, 6.45) is 12.2. The van der Waals surface area contributed by atoms with Crippen LogP contribution in [-0.2, 0) is 6.54 Å². The molecule has 3 nitrogen and oxygen atoms in total. The summed E-state index contributed by atoms with van der Waals surface area (Å²) < 4.78 is 2.10. The van der Waals surface area contributed by atoms with E-state index in [1.807, 2.05) is 0 Å². The smallest absolute Gasteiger partial charge is 0.0524 e. The molecule has 1 aliphatic carbocycles. The highest BCUT2D eigenvalue weighted by Gasteiger charge is 2.21. The first kappa shape index (κ1) is 13.6. The Morgan fingerprint density at radius 3 is 2.94 bits per heavy atom. The maximum atomic E-state index is 4.48. The van der Waals surface area contributed by atoms with Gasteiger partial charge in [-0.05, 0) is 43.7 Å². The third-order valence-corrected chi connectivity index (χ3v) is 3.99. The van der Waals surface area contributed by atoms with Crippen molar-refractivity contribution in [3.63, 3.8) is 0 Å². The lowest BCUT2D eigenvalue weighted by Crippen LogP contribution is -2.29. The van der Waals surface area contributed by atoms with E-state index in [4.69, 9.17) is 0 Å². The number of hydrogen-bond acceptors (Lipinski definition) is 2. The highest BCUT2D eigenvalue weighted by Crippen LogP contribution is 2.31. The molecule has 0 spiro atoms. The zero-order valence-electron chi connectivity index (χ0n) is 11.9. The lowest BCUT2D eigenvalue weighted by atomic mass is 9.92. The largest absolute Gasteiger partial charge is 0.314 e. The summed E-state index contributed by atoms with van der Waals surface area (Å²) in [5.74, 6) is 0.710. The molecule has 2 rings (SSSR count). The first-order chi connectivity index (χ1) is 8.83. The summed E-state index contributed by atoms with van der Waals surface area (Å²) >= 11 is 0. The fourth-order valence-corrected chi connectivity index (χ4v) is 3.08. The zero-order chi connectivity index (χ0) is 12.8. The van der Waals surface area contributed by atoms with Gasteiger partial charge in [0, 0.05) is 18.8 Å². The van der Waals surface area contributed by atoms with E-state index in [0.29, 0.717) is 12.0 Å². The molecule has 0 amide bonds. The summed E-state index contributed by atoms with van der Waals surface area (Å²) in [7, 11) is 0. The Balaban J connectivity index is 2.00. The van der Waals surface area contributed by atoms with Gasteiger partial charge in [-0.3, -0.25) is 4.68 Å². The van der Waals surface area contributed by atoms with Crippen molar-refractivity contribution in [2.75, 3.05) is 6.54 Å².